The first kappa shape index (κ1) is 15.5. The van der Waals surface area contributed by atoms with Gasteiger partial charge >= 0.3 is 0 Å². The normalized spacial score (nSPS) is 12.5. The minimum Gasteiger partial charge on any atom is -0.457 e. The Morgan fingerprint density at radius 2 is 1.81 bits per heavy atom. The summed E-state index contributed by atoms with van der Waals surface area (Å²) in [6, 6.07) is 10.3. The van der Waals surface area contributed by atoms with Crippen molar-refractivity contribution >= 4 is 0 Å². The fourth-order valence-electron chi connectivity index (χ4n) is 2.53. The maximum Gasteiger partial charge on any atom is 0.135 e. The summed E-state index contributed by atoms with van der Waals surface area (Å²) in [5.74, 6) is 1.30. The van der Waals surface area contributed by atoms with E-state index in [9.17, 15) is 4.39 Å². The molecule has 0 unspecified atom stereocenters. The summed E-state index contributed by atoms with van der Waals surface area (Å²) in [4.78, 5) is 0. The van der Waals surface area contributed by atoms with E-state index in [0.29, 0.717) is 23.0 Å². The van der Waals surface area contributed by atoms with Gasteiger partial charge in [-0.1, -0.05) is 26.0 Å². The molecular weight excluding hydrogens is 265 g/mol. The van der Waals surface area contributed by atoms with E-state index in [-0.39, 0.29) is 5.82 Å². The van der Waals surface area contributed by atoms with Crippen LogP contribution in [0.3, 0.4) is 0 Å². The topological polar surface area (TPSA) is 35.2 Å². The fraction of sp³-hybridized carbons (Fsp3) is 0.333. The first-order valence-corrected chi connectivity index (χ1v) is 7.22. The molecule has 0 radical (unpaired) electrons. The molecule has 0 saturated heterocycles. The quantitative estimate of drug-likeness (QED) is 0.852. The number of hydrogen-bond acceptors (Lipinski definition) is 2. The van der Waals surface area contributed by atoms with Gasteiger partial charge in [0.05, 0.1) is 0 Å². The molecule has 0 spiro atoms. The van der Waals surface area contributed by atoms with Gasteiger partial charge in [-0.05, 0) is 55.2 Å². The predicted molar refractivity (Wildman–Crippen MR) is 84.3 cm³/mol. The third kappa shape index (κ3) is 3.42. The molecule has 2 rings (SSSR count). The van der Waals surface area contributed by atoms with Crippen LogP contribution in [-0.2, 0) is 0 Å². The maximum absolute atomic E-state index is 13.9. The number of ether oxygens (including phenoxy) is 1. The first-order chi connectivity index (χ1) is 9.90. The van der Waals surface area contributed by atoms with Gasteiger partial charge in [-0.25, -0.2) is 4.39 Å². The Morgan fingerprint density at radius 3 is 2.38 bits per heavy atom. The van der Waals surface area contributed by atoms with Crippen molar-refractivity contribution in [1.29, 1.82) is 0 Å². The Balaban J connectivity index is 2.35. The van der Waals surface area contributed by atoms with Crippen molar-refractivity contribution in [2.75, 3.05) is 0 Å². The number of hydrogen-bond donors (Lipinski definition) is 1. The van der Waals surface area contributed by atoms with Crippen LogP contribution in [0.4, 0.5) is 4.39 Å². The molecule has 0 amide bonds. The second kappa shape index (κ2) is 6.27. The second-order valence-electron chi connectivity index (χ2n) is 5.72. The van der Waals surface area contributed by atoms with Crippen LogP contribution >= 0.6 is 0 Å². The third-order valence-electron chi connectivity index (χ3n) is 3.56. The van der Waals surface area contributed by atoms with Gasteiger partial charge in [-0.2, -0.15) is 0 Å². The highest BCUT2D eigenvalue weighted by molar-refractivity contribution is 5.43. The highest BCUT2D eigenvalue weighted by atomic mass is 19.1. The Labute approximate surface area is 125 Å². The van der Waals surface area contributed by atoms with Gasteiger partial charge in [0, 0.05) is 11.6 Å². The van der Waals surface area contributed by atoms with Crippen LogP contribution in [0.15, 0.2) is 36.4 Å². The summed E-state index contributed by atoms with van der Waals surface area (Å²) in [6.45, 7) is 8.12. The van der Waals surface area contributed by atoms with E-state index in [0.717, 1.165) is 0 Å². The minimum atomic E-state index is -0.419. The summed E-state index contributed by atoms with van der Waals surface area (Å²) in [6.07, 6.45) is 0. The van der Waals surface area contributed by atoms with Gasteiger partial charge in [0.2, 0.25) is 0 Å². The first-order valence-electron chi connectivity index (χ1n) is 7.22. The Kier molecular flexibility index (Phi) is 4.63. The van der Waals surface area contributed by atoms with E-state index >= 15 is 0 Å². The van der Waals surface area contributed by atoms with Gasteiger partial charge in [0.1, 0.15) is 17.3 Å². The monoisotopic (exact) mass is 287 g/mol. The van der Waals surface area contributed by atoms with Crippen LogP contribution in [0.1, 0.15) is 49.4 Å². The highest BCUT2D eigenvalue weighted by Gasteiger charge is 2.14. The minimum absolute atomic E-state index is 0.335. The van der Waals surface area contributed by atoms with E-state index in [2.05, 4.69) is 26.8 Å². The van der Waals surface area contributed by atoms with Crippen LogP contribution in [0.25, 0.3) is 0 Å². The zero-order chi connectivity index (χ0) is 15.6. The van der Waals surface area contributed by atoms with Gasteiger partial charge in [0.25, 0.3) is 0 Å². The van der Waals surface area contributed by atoms with Crippen molar-refractivity contribution in [3.63, 3.8) is 0 Å². The molecule has 0 aromatic heterocycles. The SMILES string of the molecule is Cc1cc(Oc2cccc(F)c2[C@H](C)N)ccc1C(C)C. The number of benzene rings is 2. The average molecular weight is 287 g/mol. The molecule has 1 atom stereocenters. The summed E-state index contributed by atoms with van der Waals surface area (Å²) in [5.41, 5.74) is 8.70. The molecule has 2 nitrogen and oxygen atoms in total. The Morgan fingerprint density at radius 1 is 1.10 bits per heavy atom. The molecule has 2 N–H and O–H groups in total. The third-order valence-corrected chi connectivity index (χ3v) is 3.56. The molecule has 0 heterocycles. The molecule has 21 heavy (non-hydrogen) atoms. The molecule has 112 valence electrons. The van der Waals surface area contributed by atoms with Crippen molar-refractivity contribution < 1.29 is 9.13 Å². The van der Waals surface area contributed by atoms with Crippen molar-refractivity contribution in [2.24, 2.45) is 5.73 Å². The van der Waals surface area contributed by atoms with Crippen molar-refractivity contribution in [3.8, 4) is 11.5 Å². The lowest BCUT2D eigenvalue weighted by atomic mass is 9.98. The van der Waals surface area contributed by atoms with E-state index in [4.69, 9.17) is 10.5 Å². The van der Waals surface area contributed by atoms with Crippen LogP contribution in [0, 0.1) is 12.7 Å². The lowest BCUT2D eigenvalue weighted by molar-refractivity contribution is 0.460. The zero-order valence-corrected chi connectivity index (χ0v) is 13.0. The summed E-state index contributed by atoms with van der Waals surface area (Å²) >= 11 is 0. The van der Waals surface area contributed by atoms with Crippen LogP contribution in [0.2, 0.25) is 0 Å². The molecule has 0 bridgehead atoms. The van der Waals surface area contributed by atoms with E-state index in [1.165, 1.54) is 17.2 Å². The second-order valence-corrected chi connectivity index (χ2v) is 5.72. The molecule has 2 aromatic rings. The molecular formula is C18H22FNO. The zero-order valence-electron chi connectivity index (χ0n) is 13.0. The predicted octanol–water partition coefficient (Wildman–Crippen LogP) is 5.07. The van der Waals surface area contributed by atoms with Crippen molar-refractivity contribution in [2.45, 2.75) is 39.7 Å². The van der Waals surface area contributed by atoms with E-state index in [1.54, 1.807) is 19.1 Å². The smallest absolute Gasteiger partial charge is 0.135 e. The molecule has 0 aliphatic rings. The molecule has 0 aliphatic heterocycles. The number of halogens is 1. The van der Waals surface area contributed by atoms with E-state index in [1.807, 2.05) is 12.1 Å². The Bertz CT molecular complexity index is 635. The van der Waals surface area contributed by atoms with Crippen molar-refractivity contribution in [3.05, 3.63) is 58.9 Å². The molecule has 0 fully saturated rings. The molecule has 0 saturated carbocycles. The summed E-state index contributed by atoms with van der Waals surface area (Å²) < 4.78 is 19.7. The standard InChI is InChI=1S/C18H22FNO/c1-11(2)15-9-8-14(10-12(15)3)21-17-7-5-6-16(19)18(17)13(4)20/h5-11,13H,20H2,1-4H3/t13-/m0/s1. The number of nitrogens with two attached hydrogens (primary N) is 1. The van der Waals surface area contributed by atoms with Crippen LogP contribution in [0.5, 0.6) is 11.5 Å². The molecule has 0 aliphatic carbocycles. The largest absolute Gasteiger partial charge is 0.457 e. The maximum atomic E-state index is 13.9. The van der Waals surface area contributed by atoms with Crippen LogP contribution in [-0.4, -0.2) is 0 Å². The lowest BCUT2D eigenvalue weighted by Gasteiger charge is -2.16. The summed E-state index contributed by atoms with van der Waals surface area (Å²) in [7, 11) is 0. The van der Waals surface area contributed by atoms with E-state index < -0.39 is 6.04 Å². The molecule has 3 heteroatoms. The average Bonchev–Trinajstić information content (AvgIpc) is 2.37. The van der Waals surface area contributed by atoms with Gasteiger partial charge < -0.3 is 10.5 Å². The number of rotatable bonds is 4. The fourth-order valence-corrected chi connectivity index (χ4v) is 2.53. The molecule has 2 aromatic carbocycles. The van der Waals surface area contributed by atoms with Crippen LogP contribution < -0.4 is 10.5 Å². The van der Waals surface area contributed by atoms with Crippen molar-refractivity contribution in [1.82, 2.24) is 0 Å². The summed E-state index contributed by atoms with van der Waals surface area (Å²) in [5, 5.41) is 0. The lowest BCUT2D eigenvalue weighted by Crippen LogP contribution is -2.09. The van der Waals surface area contributed by atoms with Gasteiger partial charge in [0.15, 0.2) is 0 Å². The number of aryl methyl sites for hydroxylation is 1. The van der Waals surface area contributed by atoms with Gasteiger partial charge in [-0.3, -0.25) is 0 Å². The Hall–Kier alpha value is -1.87. The highest BCUT2D eigenvalue weighted by Crippen LogP contribution is 2.32. The van der Waals surface area contributed by atoms with Gasteiger partial charge in [-0.15, -0.1) is 0 Å².